The quantitative estimate of drug-likeness (QED) is 0.812. The van der Waals surface area contributed by atoms with Crippen molar-refractivity contribution in [3.8, 4) is 0 Å². The summed E-state index contributed by atoms with van der Waals surface area (Å²) in [5.74, 6) is 2.36. The maximum absolute atomic E-state index is 4.75. The molecule has 0 aliphatic heterocycles. The number of pyridine rings is 1. The molecule has 0 radical (unpaired) electrons. The minimum atomic E-state index is 0.542. The van der Waals surface area contributed by atoms with Gasteiger partial charge in [-0.15, -0.1) is 0 Å². The van der Waals surface area contributed by atoms with Crippen molar-refractivity contribution in [2.45, 2.75) is 56.9 Å². The predicted octanol–water partition coefficient (Wildman–Crippen LogP) is 3.76. The molecular weight excluding hydrogens is 298 g/mol. The molecule has 0 atom stereocenters. The van der Waals surface area contributed by atoms with Crippen molar-refractivity contribution >= 4 is 11.8 Å². The lowest BCUT2D eigenvalue weighted by Crippen LogP contribution is -2.18. The first-order valence-electron chi connectivity index (χ1n) is 9.16. The molecule has 0 saturated heterocycles. The van der Waals surface area contributed by atoms with Gasteiger partial charge in [0.15, 0.2) is 0 Å². The Morgan fingerprint density at radius 3 is 2.67 bits per heavy atom. The van der Waals surface area contributed by atoms with Crippen molar-refractivity contribution in [2.24, 2.45) is 0 Å². The van der Waals surface area contributed by atoms with Crippen molar-refractivity contribution in [1.82, 2.24) is 15.0 Å². The summed E-state index contributed by atoms with van der Waals surface area (Å²) in [6.45, 7) is 0.834. The van der Waals surface area contributed by atoms with Gasteiger partial charge in [0, 0.05) is 42.9 Å². The molecule has 2 aromatic heterocycles. The van der Waals surface area contributed by atoms with E-state index in [0.717, 1.165) is 30.4 Å². The highest BCUT2D eigenvalue weighted by Crippen LogP contribution is 2.40. The Bertz CT molecular complexity index is 663. The Morgan fingerprint density at radius 1 is 1.04 bits per heavy atom. The SMILES string of the molecule is c1ccc(CCNc2cc(C3CC3)nc(NC3CCCC3)n2)nc1. The minimum Gasteiger partial charge on any atom is -0.370 e. The molecule has 5 heteroatoms. The van der Waals surface area contributed by atoms with Gasteiger partial charge in [0.2, 0.25) is 5.95 Å². The lowest BCUT2D eigenvalue weighted by molar-refractivity contribution is 0.741. The molecule has 0 unspecified atom stereocenters. The summed E-state index contributed by atoms with van der Waals surface area (Å²) in [5.41, 5.74) is 2.29. The number of aromatic nitrogens is 3. The molecule has 2 N–H and O–H groups in total. The first-order valence-corrected chi connectivity index (χ1v) is 9.16. The van der Waals surface area contributed by atoms with E-state index in [1.807, 2.05) is 18.3 Å². The third kappa shape index (κ3) is 4.02. The molecule has 2 heterocycles. The van der Waals surface area contributed by atoms with Gasteiger partial charge >= 0.3 is 0 Å². The van der Waals surface area contributed by atoms with Gasteiger partial charge in [-0.1, -0.05) is 18.9 Å². The Balaban J connectivity index is 1.41. The second-order valence-corrected chi connectivity index (χ2v) is 6.90. The largest absolute Gasteiger partial charge is 0.370 e. The van der Waals surface area contributed by atoms with Crippen LogP contribution in [0.1, 0.15) is 55.8 Å². The fraction of sp³-hybridized carbons (Fsp3) is 0.526. The van der Waals surface area contributed by atoms with Gasteiger partial charge in [-0.25, -0.2) is 4.98 Å². The number of nitrogens with zero attached hydrogens (tertiary/aromatic N) is 3. The van der Waals surface area contributed by atoms with Gasteiger partial charge in [0.25, 0.3) is 0 Å². The Morgan fingerprint density at radius 2 is 1.92 bits per heavy atom. The van der Waals surface area contributed by atoms with Crippen molar-refractivity contribution in [3.05, 3.63) is 41.9 Å². The van der Waals surface area contributed by atoms with Gasteiger partial charge in [-0.05, 0) is 37.8 Å². The van der Waals surface area contributed by atoms with E-state index < -0.39 is 0 Å². The van der Waals surface area contributed by atoms with E-state index in [2.05, 4.69) is 32.7 Å². The molecule has 5 nitrogen and oxygen atoms in total. The van der Waals surface area contributed by atoms with Gasteiger partial charge in [0.05, 0.1) is 5.69 Å². The van der Waals surface area contributed by atoms with E-state index in [1.165, 1.54) is 44.2 Å². The van der Waals surface area contributed by atoms with Crippen LogP contribution in [0.3, 0.4) is 0 Å². The molecule has 2 aromatic rings. The van der Waals surface area contributed by atoms with Crippen LogP contribution in [0.5, 0.6) is 0 Å². The predicted molar refractivity (Wildman–Crippen MR) is 96.3 cm³/mol. The molecule has 4 rings (SSSR count). The molecule has 2 saturated carbocycles. The van der Waals surface area contributed by atoms with E-state index in [9.17, 15) is 0 Å². The zero-order valence-corrected chi connectivity index (χ0v) is 14.0. The van der Waals surface area contributed by atoms with E-state index in [-0.39, 0.29) is 0 Å². The van der Waals surface area contributed by atoms with Crippen molar-refractivity contribution in [2.75, 3.05) is 17.2 Å². The molecular formula is C19H25N5. The van der Waals surface area contributed by atoms with Gasteiger partial charge < -0.3 is 10.6 Å². The zero-order valence-electron chi connectivity index (χ0n) is 14.0. The summed E-state index contributed by atoms with van der Waals surface area (Å²) in [4.78, 5) is 13.8. The summed E-state index contributed by atoms with van der Waals surface area (Å²) in [6, 6.07) is 8.70. The molecule has 0 bridgehead atoms. The lowest BCUT2D eigenvalue weighted by atomic mass is 10.2. The summed E-state index contributed by atoms with van der Waals surface area (Å²) in [7, 11) is 0. The molecule has 24 heavy (non-hydrogen) atoms. The molecule has 0 aromatic carbocycles. The first-order chi connectivity index (χ1) is 11.9. The fourth-order valence-electron chi connectivity index (χ4n) is 3.33. The third-order valence-electron chi connectivity index (χ3n) is 4.84. The second kappa shape index (κ2) is 7.16. The molecule has 2 aliphatic rings. The maximum Gasteiger partial charge on any atom is 0.225 e. The van der Waals surface area contributed by atoms with Crippen LogP contribution in [0, 0.1) is 0 Å². The van der Waals surface area contributed by atoms with Crippen LogP contribution in [-0.2, 0) is 6.42 Å². The number of nitrogens with one attached hydrogen (secondary N) is 2. The summed E-state index contributed by atoms with van der Waals surface area (Å²) in [5, 5.41) is 6.99. The monoisotopic (exact) mass is 323 g/mol. The summed E-state index contributed by atoms with van der Waals surface area (Å²) >= 11 is 0. The molecule has 2 fully saturated rings. The minimum absolute atomic E-state index is 0.542. The Labute approximate surface area is 143 Å². The maximum atomic E-state index is 4.75. The highest BCUT2D eigenvalue weighted by Gasteiger charge is 2.26. The van der Waals surface area contributed by atoms with Gasteiger partial charge in [0.1, 0.15) is 5.82 Å². The highest BCUT2D eigenvalue weighted by molar-refractivity contribution is 5.44. The smallest absolute Gasteiger partial charge is 0.225 e. The number of hydrogen-bond donors (Lipinski definition) is 2. The zero-order chi connectivity index (χ0) is 16.2. The second-order valence-electron chi connectivity index (χ2n) is 6.90. The van der Waals surface area contributed by atoms with Crippen LogP contribution in [0.4, 0.5) is 11.8 Å². The average molecular weight is 323 g/mol. The fourth-order valence-corrected chi connectivity index (χ4v) is 3.33. The number of anilines is 2. The Hall–Kier alpha value is -2.17. The topological polar surface area (TPSA) is 62.7 Å². The molecule has 126 valence electrons. The lowest BCUT2D eigenvalue weighted by Gasteiger charge is -2.14. The molecule has 0 amide bonds. The average Bonchev–Trinajstić information content (AvgIpc) is 3.34. The summed E-state index contributed by atoms with van der Waals surface area (Å²) in [6.07, 6.45) is 10.4. The standard InChI is InChI=1S/C19H25N5/c1-2-7-16(6-1)22-19-23-17(14-8-9-14)13-18(24-19)21-12-10-15-5-3-4-11-20-15/h3-5,11,13-14,16H,1-2,6-10,12H2,(H2,21,22,23,24). The first kappa shape index (κ1) is 15.4. The number of hydrogen-bond acceptors (Lipinski definition) is 5. The van der Waals surface area contributed by atoms with E-state index >= 15 is 0 Å². The van der Waals surface area contributed by atoms with E-state index in [4.69, 9.17) is 4.98 Å². The Kier molecular flexibility index (Phi) is 4.58. The van der Waals surface area contributed by atoms with Gasteiger partial charge in [-0.3, -0.25) is 4.98 Å². The van der Waals surface area contributed by atoms with Crippen molar-refractivity contribution < 1.29 is 0 Å². The third-order valence-corrected chi connectivity index (χ3v) is 4.84. The normalized spacial score (nSPS) is 17.8. The van der Waals surface area contributed by atoms with Crippen LogP contribution < -0.4 is 10.6 Å². The van der Waals surface area contributed by atoms with Gasteiger partial charge in [-0.2, -0.15) is 4.98 Å². The van der Waals surface area contributed by atoms with Crippen LogP contribution in [-0.4, -0.2) is 27.5 Å². The molecule has 0 spiro atoms. The molecule has 2 aliphatic carbocycles. The van der Waals surface area contributed by atoms with Crippen molar-refractivity contribution in [1.29, 1.82) is 0 Å². The highest BCUT2D eigenvalue weighted by atomic mass is 15.2. The number of rotatable bonds is 7. The van der Waals surface area contributed by atoms with Crippen LogP contribution in [0.2, 0.25) is 0 Å². The van der Waals surface area contributed by atoms with Crippen LogP contribution in [0.25, 0.3) is 0 Å². The van der Waals surface area contributed by atoms with Crippen molar-refractivity contribution in [3.63, 3.8) is 0 Å². The van der Waals surface area contributed by atoms with E-state index in [0.29, 0.717) is 12.0 Å². The van der Waals surface area contributed by atoms with E-state index in [1.54, 1.807) is 0 Å². The van der Waals surface area contributed by atoms with Crippen LogP contribution >= 0.6 is 0 Å². The van der Waals surface area contributed by atoms with Crippen LogP contribution in [0.15, 0.2) is 30.5 Å². The summed E-state index contributed by atoms with van der Waals surface area (Å²) < 4.78 is 0.